The van der Waals surface area contributed by atoms with Crippen LogP contribution in [0.15, 0.2) is 68.5 Å². The van der Waals surface area contributed by atoms with Crippen molar-refractivity contribution in [1.29, 1.82) is 0 Å². The summed E-state index contributed by atoms with van der Waals surface area (Å²) >= 11 is -5.23. The van der Waals surface area contributed by atoms with E-state index in [4.69, 9.17) is 0 Å². The monoisotopic (exact) mass is 710 g/mol. The van der Waals surface area contributed by atoms with Gasteiger partial charge in [-0.15, -0.1) is 0 Å². The molecule has 4 nitrogen and oxygen atoms in total. The summed E-state index contributed by atoms with van der Waals surface area (Å²) in [6.45, 7) is -0.953. The Morgan fingerprint density at radius 2 is 1.02 bits per heavy atom. The van der Waals surface area contributed by atoms with Gasteiger partial charge < -0.3 is 0 Å². The number of nitrogens with one attached hydrogen (secondary N) is 2. The third-order valence-corrected chi connectivity index (χ3v) is 15.9. The number of carbonyl (C=O) groups excluding carboxylic acids is 2. The molecule has 0 heterocycles. The van der Waals surface area contributed by atoms with Crippen LogP contribution in [0.4, 0.5) is 43.9 Å². The Labute approximate surface area is 266 Å². The van der Waals surface area contributed by atoms with Crippen LogP contribution in [0.2, 0.25) is 0 Å². The second kappa shape index (κ2) is 14.6. The van der Waals surface area contributed by atoms with Gasteiger partial charge in [-0.05, 0) is 0 Å². The predicted molar refractivity (Wildman–Crippen MR) is 150 cm³/mol. The van der Waals surface area contributed by atoms with Gasteiger partial charge in [0, 0.05) is 0 Å². The van der Waals surface area contributed by atoms with Crippen molar-refractivity contribution in [3.63, 3.8) is 0 Å². The molecular weight excluding hydrogens is 682 g/mol. The fraction of sp³-hybridized carbons (Fsp3) is 0.312. The molecule has 0 unspecified atom stereocenters. The van der Waals surface area contributed by atoms with Gasteiger partial charge in [0.1, 0.15) is 0 Å². The molecule has 4 rings (SSSR count). The van der Waals surface area contributed by atoms with Crippen molar-refractivity contribution >= 4 is 19.6 Å². The van der Waals surface area contributed by atoms with Crippen LogP contribution in [0.3, 0.4) is 0 Å². The van der Waals surface area contributed by atoms with Crippen LogP contribution in [0, 0.1) is 23.3 Å². The summed E-state index contributed by atoms with van der Waals surface area (Å²) in [6, 6.07) is 4.06. The van der Waals surface area contributed by atoms with E-state index in [1.165, 1.54) is 0 Å². The number of benzene rings is 2. The summed E-state index contributed by atoms with van der Waals surface area (Å²) in [5.74, 6) is -8.71. The Morgan fingerprint density at radius 1 is 0.638 bits per heavy atom. The molecule has 47 heavy (non-hydrogen) atoms. The summed E-state index contributed by atoms with van der Waals surface area (Å²) in [7, 11) is 0. The minimum atomic E-state index is -5.23. The molecule has 0 aromatic heterocycles. The molecule has 0 aliphatic heterocycles. The molecule has 0 fully saturated rings. The van der Waals surface area contributed by atoms with E-state index in [9.17, 15) is 35.9 Å². The second-order valence-electron chi connectivity index (χ2n) is 10.9. The van der Waals surface area contributed by atoms with Gasteiger partial charge in [-0.2, -0.15) is 0 Å². The molecule has 0 spiro atoms. The van der Waals surface area contributed by atoms with Gasteiger partial charge in [0.05, 0.1) is 0 Å². The molecule has 0 atom stereocenters. The van der Waals surface area contributed by atoms with Gasteiger partial charge in [-0.25, -0.2) is 0 Å². The number of alkyl halides is 6. The van der Waals surface area contributed by atoms with Crippen molar-refractivity contribution in [3.8, 4) is 0 Å². The van der Waals surface area contributed by atoms with Crippen molar-refractivity contribution in [2.45, 2.75) is 50.9 Å². The fourth-order valence-electron chi connectivity index (χ4n) is 5.85. The number of amides is 2. The van der Waals surface area contributed by atoms with Crippen LogP contribution in [0.5, 0.6) is 0 Å². The molecule has 15 heteroatoms. The maximum atomic E-state index is 16.6. The zero-order valence-electron chi connectivity index (χ0n) is 24.5. The summed E-state index contributed by atoms with van der Waals surface area (Å²) in [6.07, 6.45) is -1.12. The minimum absolute atomic E-state index is 0.122. The van der Waals surface area contributed by atoms with E-state index in [1.807, 2.05) is 0 Å². The van der Waals surface area contributed by atoms with Gasteiger partial charge in [-0.3, -0.25) is 0 Å². The number of aryl methyl sites for hydroxylation is 2. The van der Waals surface area contributed by atoms with Crippen LogP contribution in [0.25, 0.3) is 0 Å². The fourth-order valence-corrected chi connectivity index (χ4v) is 14.2. The summed E-state index contributed by atoms with van der Waals surface area (Å²) in [5.41, 5.74) is -0.263. The van der Waals surface area contributed by atoms with E-state index in [1.54, 1.807) is 47.1 Å². The molecule has 0 saturated carbocycles. The van der Waals surface area contributed by atoms with Crippen molar-refractivity contribution < 1.29 is 70.1 Å². The maximum absolute atomic E-state index is 16.6. The third kappa shape index (κ3) is 7.75. The van der Waals surface area contributed by atoms with Crippen LogP contribution in [-0.2, 0) is 39.0 Å². The summed E-state index contributed by atoms with van der Waals surface area (Å²) in [5, 5.41) is 3.36. The van der Waals surface area contributed by atoms with Crippen molar-refractivity contribution in [2.75, 3.05) is 13.1 Å². The third-order valence-electron chi connectivity index (χ3n) is 7.93. The Bertz CT molecular complexity index is 1540. The first-order chi connectivity index (χ1) is 22.1. The van der Waals surface area contributed by atoms with E-state index >= 15 is 17.6 Å². The zero-order valence-corrected chi connectivity index (χ0v) is 26.1. The van der Waals surface area contributed by atoms with Gasteiger partial charge in [0.25, 0.3) is 0 Å². The number of allylic oxidation sites excluding steroid dienone is 8. The molecule has 2 aliphatic rings. The molecule has 2 aromatic rings. The number of halogens is 10. The van der Waals surface area contributed by atoms with Gasteiger partial charge in [0.2, 0.25) is 0 Å². The quantitative estimate of drug-likeness (QED) is 0.156. The molecule has 2 N–H and O–H groups in total. The number of carbonyl (C=O) groups is 2. The first-order valence-electron chi connectivity index (χ1n) is 14.5. The van der Waals surface area contributed by atoms with E-state index < -0.39 is 84.9 Å². The Balaban J connectivity index is 1.80. The van der Waals surface area contributed by atoms with Crippen molar-refractivity contribution in [3.05, 3.63) is 103 Å². The molecule has 252 valence electrons. The SMILES string of the molecule is O=C(NCCCc1ccc(F)[c]([Ti]([C]2=CC=CC2)([C]2=CC=CC2)[c]2c(F)ccc(CCCNC(=O)C(F)(F)F)c2F)c1F)C(F)(F)F. The zero-order chi connectivity index (χ0) is 34.6. The van der Waals surface area contributed by atoms with E-state index in [0.29, 0.717) is 7.76 Å². The van der Waals surface area contributed by atoms with Gasteiger partial charge >= 0.3 is 267 Å². The van der Waals surface area contributed by atoms with Gasteiger partial charge in [-0.1, -0.05) is 0 Å². The molecule has 2 aliphatic carbocycles. The predicted octanol–water partition coefficient (Wildman–Crippen LogP) is 6.26. The average molecular weight is 710 g/mol. The Morgan fingerprint density at radius 3 is 1.34 bits per heavy atom. The first kappa shape index (κ1) is 36.2. The van der Waals surface area contributed by atoms with Crippen molar-refractivity contribution in [2.24, 2.45) is 0 Å². The summed E-state index contributed by atoms with van der Waals surface area (Å²) < 4.78 is 141. The summed E-state index contributed by atoms with van der Waals surface area (Å²) in [4.78, 5) is 22.3. The molecular formula is C32H28F10N2O2Ti. The van der Waals surface area contributed by atoms with Gasteiger partial charge in [0.15, 0.2) is 0 Å². The Kier molecular flexibility index (Phi) is 11.3. The topological polar surface area (TPSA) is 58.2 Å². The first-order valence-corrected chi connectivity index (χ1v) is 17.6. The molecule has 0 bridgehead atoms. The van der Waals surface area contributed by atoms with Crippen LogP contribution < -0.4 is 18.4 Å². The van der Waals surface area contributed by atoms with E-state index in [0.717, 1.165) is 24.3 Å². The number of hydrogen-bond acceptors (Lipinski definition) is 2. The van der Waals surface area contributed by atoms with Crippen molar-refractivity contribution in [1.82, 2.24) is 10.6 Å². The number of rotatable bonds is 12. The van der Waals surface area contributed by atoms with E-state index in [-0.39, 0.29) is 49.7 Å². The van der Waals surface area contributed by atoms with Crippen LogP contribution in [0.1, 0.15) is 36.8 Å². The van der Waals surface area contributed by atoms with Crippen LogP contribution in [-0.4, -0.2) is 37.3 Å². The number of hydrogen-bond donors (Lipinski definition) is 2. The normalized spacial score (nSPS) is 14.8. The Hall–Kier alpha value is -3.65. The standard InChI is InChI=1S/2C11H9F5NO.2C5H5.Ti/c2*12-8-4-3-7(9(13)6-8)2-1-5-17-10(18)11(14,15)16;2*1-2-4-5-3-1;/h2*3-4H,1-2,5H2,(H,17,18);2*1-3H,4H2;. The van der Waals surface area contributed by atoms with E-state index in [2.05, 4.69) is 0 Å². The second-order valence-corrected chi connectivity index (χ2v) is 16.8. The molecule has 2 aromatic carbocycles. The average Bonchev–Trinajstić information content (AvgIpc) is 3.73. The molecule has 2 amide bonds. The molecule has 0 saturated heterocycles. The van der Waals surface area contributed by atoms with Crippen LogP contribution >= 0.6 is 0 Å². The molecule has 0 radical (unpaired) electrons.